The molecule has 0 atom stereocenters. The van der Waals surface area contributed by atoms with Crippen molar-refractivity contribution in [2.45, 2.75) is 39.5 Å². The first-order chi connectivity index (χ1) is 21.2. The summed E-state index contributed by atoms with van der Waals surface area (Å²) in [6.45, 7) is 4.05. The van der Waals surface area contributed by atoms with Crippen LogP contribution in [0.4, 0.5) is 32.3 Å². The molecule has 0 radical (unpaired) electrons. The number of hydrogen-bond donors (Lipinski definition) is 10. The van der Waals surface area contributed by atoms with Gasteiger partial charge in [-0.05, 0) is 72.5 Å². The van der Waals surface area contributed by atoms with Crippen LogP contribution >= 0.6 is 0 Å². The normalized spacial score (nSPS) is 11.2. The number of carbonyl (C=O) groups is 2. The van der Waals surface area contributed by atoms with Crippen molar-refractivity contribution < 1.29 is 9.59 Å². The highest BCUT2D eigenvalue weighted by molar-refractivity contribution is 6.04. The van der Waals surface area contributed by atoms with Crippen LogP contribution in [0.15, 0.2) is 83.0 Å². The van der Waals surface area contributed by atoms with E-state index >= 15 is 0 Å². The molecule has 3 aromatic rings. The monoisotopic (exact) mass is 598 g/mol. The molecule has 0 spiro atoms. The Morgan fingerprint density at radius 2 is 0.841 bits per heavy atom. The van der Waals surface area contributed by atoms with Crippen LogP contribution in [-0.2, 0) is 0 Å². The van der Waals surface area contributed by atoms with E-state index < -0.39 is 12.1 Å². The van der Waals surface area contributed by atoms with E-state index in [-0.39, 0.29) is 11.9 Å². The summed E-state index contributed by atoms with van der Waals surface area (Å²) in [6, 6.07) is 20.2. The molecule has 0 heterocycles. The molecule has 0 aliphatic heterocycles. The Morgan fingerprint density at radius 3 is 1.09 bits per heavy atom. The molecule has 0 aromatic heterocycles. The van der Waals surface area contributed by atoms with Crippen molar-refractivity contribution in [3.05, 3.63) is 83.9 Å². The highest BCUT2D eigenvalue weighted by atomic mass is 16.2. The van der Waals surface area contributed by atoms with Crippen molar-refractivity contribution in [3.8, 4) is 0 Å². The van der Waals surface area contributed by atoms with Gasteiger partial charge in [-0.15, -0.1) is 0 Å². The third kappa shape index (κ3) is 10.8. The van der Waals surface area contributed by atoms with Gasteiger partial charge in [0.25, 0.3) is 0 Å². The lowest BCUT2D eigenvalue weighted by Crippen LogP contribution is -2.27. The number of guanidine groups is 2. The molecule has 0 aliphatic rings. The minimum absolute atomic E-state index is 0.240. The number of rotatable bonds is 12. The number of hydrogen-bond acceptors (Lipinski definition) is 6. The summed E-state index contributed by atoms with van der Waals surface area (Å²) < 4.78 is 0. The molecule has 0 unspecified atom stereocenters. The van der Waals surface area contributed by atoms with Crippen LogP contribution in [0.1, 0.15) is 50.7 Å². The van der Waals surface area contributed by atoms with E-state index in [0.29, 0.717) is 35.6 Å². The van der Waals surface area contributed by atoms with Crippen molar-refractivity contribution in [2.24, 2.45) is 21.7 Å². The van der Waals surface area contributed by atoms with Gasteiger partial charge in [-0.25, -0.2) is 20.4 Å². The molecule has 14 heteroatoms. The Kier molecular flexibility index (Phi) is 12.2. The zero-order valence-electron chi connectivity index (χ0n) is 24.6. The zero-order chi connectivity index (χ0) is 31.9. The topological polar surface area (TPSA) is 231 Å². The molecule has 12 N–H and O–H groups in total. The largest absolute Gasteiger partial charge is 0.369 e. The quantitative estimate of drug-likeness (QED) is 0.0786. The molecule has 44 heavy (non-hydrogen) atoms. The van der Waals surface area contributed by atoms with E-state index in [2.05, 4.69) is 42.3 Å². The van der Waals surface area contributed by atoms with Crippen molar-refractivity contribution in [1.29, 1.82) is 10.8 Å². The lowest BCUT2D eigenvalue weighted by Gasteiger charge is -2.11. The summed E-state index contributed by atoms with van der Waals surface area (Å²) in [7, 11) is 0. The predicted octanol–water partition coefficient (Wildman–Crippen LogP) is 4.95. The van der Waals surface area contributed by atoms with Gasteiger partial charge in [-0.1, -0.05) is 51.0 Å². The van der Waals surface area contributed by atoms with Crippen LogP contribution in [-0.4, -0.2) is 35.4 Å². The summed E-state index contributed by atoms with van der Waals surface area (Å²) in [5, 5.41) is 34.0. The molecule has 4 amide bonds. The van der Waals surface area contributed by atoms with Crippen molar-refractivity contribution in [3.63, 3.8) is 0 Å². The number of nitrogens with one attached hydrogen (secondary N) is 8. The van der Waals surface area contributed by atoms with Gasteiger partial charge >= 0.3 is 12.1 Å². The zero-order valence-corrected chi connectivity index (χ0v) is 24.6. The first kappa shape index (κ1) is 32.6. The fraction of sp³-hybridized carbons (Fsp3) is 0.200. The van der Waals surface area contributed by atoms with Crippen LogP contribution in [0, 0.1) is 10.8 Å². The van der Waals surface area contributed by atoms with Crippen molar-refractivity contribution in [2.75, 3.05) is 21.3 Å². The molecule has 0 aliphatic carbocycles. The molecule has 0 saturated carbocycles. The van der Waals surface area contributed by atoms with E-state index in [9.17, 15) is 9.59 Å². The van der Waals surface area contributed by atoms with Crippen LogP contribution < -0.4 is 43.6 Å². The Bertz CT molecular complexity index is 1380. The van der Waals surface area contributed by atoms with Gasteiger partial charge in [0.05, 0.1) is 11.4 Å². The lowest BCUT2D eigenvalue weighted by molar-refractivity contribution is 0.261. The van der Waals surface area contributed by atoms with Crippen molar-refractivity contribution in [1.82, 2.24) is 10.9 Å². The average molecular weight is 599 g/mol. The molecule has 14 nitrogen and oxygen atoms in total. The minimum atomic E-state index is -0.426. The standard InChI is InChI=1S/C30H38N12O2/c1-3-5-25(39-41-27(31)32)19-7-11-21(12-8-19)35-29(43)37-23-15-17-24(18-16-23)38-30(44)36-22-13-9-20(10-14-22)26(6-4-2)40-42-28(33)34/h7-18H,3-6H2,1-2H3,(H4,31,32,41)(H4,33,34,42)(H2,35,37,43)(H2,36,38,44)/b39-25-,40-26-. The maximum atomic E-state index is 12.5. The lowest BCUT2D eigenvalue weighted by atomic mass is 10.1. The first-order valence-electron chi connectivity index (χ1n) is 14.0. The smallest absolute Gasteiger partial charge is 0.323 e. The molecular formula is C30H38N12O2. The summed E-state index contributed by atoms with van der Waals surface area (Å²) in [5.41, 5.74) is 21.1. The SMILES string of the molecule is CCC/C(=N/NC(=N)N)c1ccc(NC(=O)Nc2ccc(NC(=O)Nc3ccc(/C(CCC)=N\NC(=N)N)cc3)cc2)cc1. The van der Waals surface area contributed by atoms with E-state index in [0.717, 1.165) is 35.4 Å². The first-order valence-corrected chi connectivity index (χ1v) is 14.0. The van der Waals surface area contributed by atoms with Crippen LogP contribution in [0.2, 0.25) is 0 Å². The van der Waals surface area contributed by atoms with Gasteiger partial charge in [0.15, 0.2) is 0 Å². The predicted molar refractivity (Wildman–Crippen MR) is 178 cm³/mol. The number of anilines is 4. The number of hydrazone groups is 2. The molecular weight excluding hydrogens is 560 g/mol. The Balaban J connectivity index is 1.51. The van der Waals surface area contributed by atoms with E-state index in [4.69, 9.17) is 22.3 Å². The van der Waals surface area contributed by atoms with Crippen LogP contribution in [0.25, 0.3) is 0 Å². The number of nitrogens with zero attached hydrogens (tertiary/aromatic N) is 2. The maximum absolute atomic E-state index is 12.5. The summed E-state index contributed by atoms with van der Waals surface area (Å²) in [6.07, 6.45) is 3.13. The third-order valence-corrected chi connectivity index (χ3v) is 5.95. The summed E-state index contributed by atoms with van der Waals surface area (Å²) in [5.74, 6) is -0.479. The molecule has 0 saturated heterocycles. The fourth-order valence-corrected chi connectivity index (χ4v) is 3.97. The fourth-order valence-electron chi connectivity index (χ4n) is 3.97. The average Bonchev–Trinajstić information content (AvgIpc) is 2.99. The minimum Gasteiger partial charge on any atom is -0.369 e. The van der Waals surface area contributed by atoms with Crippen LogP contribution in [0.5, 0.6) is 0 Å². The molecule has 3 aromatic carbocycles. The Labute approximate surface area is 255 Å². The van der Waals surface area contributed by atoms with Gasteiger partial charge in [-0.2, -0.15) is 10.2 Å². The second-order valence-electron chi connectivity index (χ2n) is 9.56. The Hall–Kier alpha value is -5.92. The number of urea groups is 2. The second-order valence-corrected chi connectivity index (χ2v) is 9.56. The Morgan fingerprint density at radius 1 is 0.568 bits per heavy atom. The maximum Gasteiger partial charge on any atom is 0.323 e. The number of benzene rings is 3. The van der Waals surface area contributed by atoms with Gasteiger partial charge in [0.1, 0.15) is 0 Å². The third-order valence-electron chi connectivity index (χ3n) is 5.95. The highest BCUT2D eigenvalue weighted by Gasteiger charge is 2.09. The molecule has 230 valence electrons. The van der Waals surface area contributed by atoms with E-state index in [1.54, 1.807) is 48.5 Å². The van der Waals surface area contributed by atoms with E-state index in [1.807, 2.05) is 38.1 Å². The molecule has 0 bridgehead atoms. The van der Waals surface area contributed by atoms with Gasteiger partial charge in [0, 0.05) is 22.7 Å². The number of carbonyl (C=O) groups excluding carboxylic acids is 2. The van der Waals surface area contributed by atoms with Crippen molar-refractivity contribution >= 4 is 58.2 Å². The van der Waals surface area contributed by atoms with Gasteiger partial charge in [0.2, 0.25) is 11.9 Å². The van der Waals surface area contributed by atoms with Crippen LogP contribution in [0.3, 0.4) is 0 Å². The highest BCUT2D eigenvalue weighted by Crippen LogP contribution is 2.17. The second kappa shape index (κ2) is 16.5. The summed E-state index contributed by atoms with van der Waals surface area (Å²) >= 11 is 0. The summed E-state index contributed by atoms with van der Waals surface area (Å²) in [4.78, 5) is 25.0. The number of nitrogens with two attached hydrogens (primary N) is 2. The van der Waals surface area contributed by atoms with Gasteiger partial charge < -0.3 is 32.7 Å². The molecule has 0 fully saturated rings. The van der Waals surface area contributed by atoms with Gasteiger partial charge in [-0.3, -0.25) is 10.8 Å². The number of amides is 4. The van der Waals surface area contributed by atoms with E-state index in [1.165, 1.54) is 0 Å². The molecule has 3 rings (SSSR count).